The van der Waals surface area contributed by atoms with Crippen molar-refractivity contribution in [3.05, 3.63) is 11.6 Å². The molecular weight excluding hydrogens is 230 g/mol. The van der Waals surface area contributed by atoms with Gasteiger partial charge in [0.1, 0.15) is 5.82 Å². The molecule has 3 rings (SSSR count). The highest BCUT2D eigenvalue weighted by molar-refractivity contribution is 5.80. The van der Waals surface area contributed by atoms with Crippen LogP contribution in [0.25, 0.3) is 0 Å². The van der Waals surface area contributed by atoms with Gasteiger partial charge < -0.3 is 10.6 Å². The molecule has 1 saturated heterocycles. The van der Waals surface area contributed by atoms with E-state index in [4.69, 9.17) is 0 Å². The van der Waals surface area contributed by atoms with Gasteiger partial charge in [-0.25, -0.2) is 9.67 Å². The highest BCUT2D eigenvalue weighted by atomic mass is 16.2. The Morgan fingerprint density at radius 1 is 1.56 bits per heavy atom. The Kier molecular flexibility index (Phi) is 3.03. The van der Waals surface area contributed by atoms with Crippen LogP contribution in [0.3, 0.4) is 0 Å². The smallest absolute Gasteiger partial charge is 0.226 e. The van der Waals surface area contributed by atoms with Crippen LogP contribution in [0.2, 0.25) is 0 Å². The van der Waals surface area contributed by atoms with Gasteiger partial charge in [0.05, 0.1) is 12.0 Å². The molecule has 2 aliphatic rings. The van der Waals surface area contributed by atoms with Gasteiger partial charge in [0.2, 0.25) is 5.91 Å². The molecule has 2 aliphatic heterocycles. The minimum Gasteiger partial charge on any atom is -0.346 e. The first-order valence-electron chi connectivity index (χ1n) is 6.72. The van der Waals surface area contributed by atoms with Crippen LogP contribution in [0, 0.1) is 5.92 Å². The minimum atomic E-state index is 0.0413. The third kappa shape index (κ3) is 2.01. The second kappa shape index (κ2) is 4.68. The number of fused-ring (bicyclic) bond motifs is 1. The van der Waals surface area contributed by atoms with Crippen molar-refractivity contribution in [3.63, 3.8) is 0 Å². The molecule has 0 aliphatic carbocycles. The average molecular weight is 249 g/mol. The fourth-order valence-electron chi connectivity index (χ4n) is 2.45. The number of carbonyl (C=O) groups is 1. The highest BCUT2D eigenvalue weighted by Gasteiger charge is 2.30. The van der Waals surface area contributed by atoms with Crippen LogP contribution in [0.15, 0.2) is 0 Å². The topological polar surface area (TPSA) is 71.8 Å². The summed E-state index contributed by atoms with van der Waals surface area (Å²) in [6, 6.07) is 0.0413. The number of hydrogen-bond donors (Lipinski definition) is 2. The van der Waals surface area contributed by atoms with E-state index in [0.29, 0.717) is 0 Å². The minimum absolute atomic E-state index is 0.0413. The van der Waals surface area contributed by atoms with Crippen molar-refractivity contribution in [1.29, 1.82) is 0 Å². The van der Waals surface area contributed by atoms with Crippen molar-refractivity contribution in [2.45, 2.75) is 38.8 Å². The molecule has 3 heterocycles. The van der Waals surface area contributed by atoms with E-state index in [2.05, 4.69) is 27.6 Å². The number of nitrogens with zero attached hydrogens (tertiary/aromatic N) is 3. The molecule has 2 N–H and O–H groups in total. The second-order valence-electron chi connectivity index (χ2n) is 5.02. The fraction of sp³-hybridized carbons (Fsp3) is 0.750. The molecule has 0 spiro atoms. The molecule has 1 fully saturated rings. The van der Waals surface area contributed by atoms with Crippen LogP contribution in [-0.4, -0.2) is 33.8 Å². The normalized spacial score (nSPS) is 23.3. The van der Waals surface area contributed by atoms with E-state index >= 15 is 0 Å². The van der Waals surface area contributed by atoms with Crippen molar-refractivity contribution in [2.75, 3.05) is 13.1 Å². The largest absolute Gasteiger partial charge is 0.346 e. The summed E-state index contributed by atoms with van der Waals surface area (Å²) in [5.74, 6) is 2.08. The fourth-order valence-corrected chi connectivity index (χ4v) is 2.45. The van der Waals surface area contributed by atoms with Crippen molar-refractivity contribution in [3.8, 4) is 0 Å². The summed E-state index contributed by atoms with van der Waals surface area (Å²) in [6.07, 6.45) is 2.86. The molecular formula is C12H19N5O. The Labute approximate surface area is 106 Å². The summed E-state index contributed by atoms with van der Waals surface area (Å²) in [6.45, 7) is 4.56. The lowest BCUT2D eigenvalue weighted by Gasteiger charge is -2.29. The first-order valence-corrected chi connectivity index (χ1v) is 6.72. The molecule has 1 unspecified atom stereocenters. The molecule has 0 bridgehead atoms. The van der Waals surface area contributed by atoms with Gasteiger partial charge in [-0.3, -0.25) is 4.79 Å². The van der Waals surface area contributed by atoms with Gasteiger partial charge in [0, 0.05) is 26.1 Å². The van der Waals surface area contributed by atoms with E-state index < -0.39 is 0 Å². The molecule has 98 valence electrons. The molecule has 1 aromatic heterocycles. The Morgan fingerprint density at radius 2 is 2.39 bits per heavy atom. The maximum absolute atomic E-state index is 12.0. The first-order chi connectivity index (χ1) is 8.78. The average Bonchev–Trinajstić information content (AvgIpc) is 2.70. The predicted octanol–water partition coefficient (Wildman–Crippen LogP) is 0.0110. The summed E-state index contributed by atoms with van der Waals surface area (Å²) in [7, 11) is 0. The lowest BCUT2D eigenvalue weighted by molar-refractivity contribution is -0.127. The Morgan fingerprint density at radius 3 is 3.06 bits per heavy atom. The first kappa shape index (κ1) is 11.6. The molecule has 6 nitrogen and oxygen atoms in total. The number of amides is 1. The number of aromatic nitrogens is 3. The van der Waals surface area contributed by atoms with Gasteiger partial charge in [-0.05, 0) is 12.8 Å². The summed E-state index contributed by atoms with van der Waals surface area (Å²) >= 11 is 0. The maximum Gasteiger partial charge on any atom is 0.226 e. The van der Waals surface area contributed by atoms with Crippen LogP contribution < -0.4 is 10.6 Å². The monoisotopic (exact) mass is 249 g/mol. The zero-order chi connectivity index (χ0) is 12.5. The lowest BCUT2D eigenvalue weighted by Crippen LogP contribution is -2.51. The van der Waals surface area contributed by atoms with Crippen molar-refractivity contribution >= 4 is 5.91 Å². The maximum atomic E-state index is 12.0. The summed E-state index contributed by atoms with van der Waals surface area (Å²) in [4.78, 5) is 16.5. The number of hydrogen-bond acceptors (Lipinski definition) is 4. The van der Waals surface area contributed by atoms with E-state index in [1.165, 1.54) is 0 Å². The number of carbonyl (C=O) groups excluding carboxylic acids is 1. The molecule has 0 aromatic carbocycles. The van der Waals surface area contributed by atoms with Crippen LogP contribution in [0.4, 0.5) is 0 Å². The third-order valence-corrected chi connectivity index (χ3v) is 3.70. The molecule has 18 heavy (non-hydrogen) atoms. The standard InChI is InChI=1S/C12H19N5O/c1-2-10-15-11-9(4-3-5-17(11)16-10)14-12(18)8-6-13-7-8/h8-9,13H,2-7H2,1H3,(H,14,18). The summed E-state index contributed by atoms with van der Waals surface area (Å²) < 4.78 is 1.95. The van der Waals surface area contributed by atoms with E-state index in [1.54, 1.807) is 0 Å². The van der Waals surface area contributed by atoms with Crippen molar-refractivity contribution < 1.29 is 4.79 Å². The quantitative estimate of drug-likeness (QED) is 0.791. The van der Waals surface area contributed by atoms with E-state index in [0.717, 1.165) is 50.5 Å². The molecule has 6 heteroatoms. The zero-order valence-electron chi connectivity index (χ0n) is 10.6. The van der Waals surface area contributed by atoms with Gasteiger partial charge in [-0.2, -0.15) is 5.10 Å². The van der Waals surface area contributed by atoms with Crippen LogP contribution in [0.1, 0.15) is 37.5 Å². The Bertz CT molecular complexity index is 451. The van der Waals surface area contributed by atoms with Gasteiger partial charge in [0.15, 0.2) is 5.82 Å². The number of rotatable bonds is 3. The van der Waals surface area contributed by atoms with Crippen LogP contribution in [0.5, 0.6) is 0 Å². The van der Waals surface area contributed by atoms with Crippen molar-refractivity contribution in [1.82, 2.24) is 25.4 Å². The molecule has 1 aromatic rings. The molecule has 0 radical (unpaired) electrons. The van der Waals surface area contributed by atoms with Gasteiger partial charge in [-0.1, -0.05) is 6.92 Å². The summed E-state index contributed by atoms with van der Waals surface area (Å²) in [5, 5.41) is 10.7. The highest BCUT2D eigenvalue weighted by Crippen LogP contribution is 2.23. The SMILES string of the molecule is CCc1nc2n(n1)CCCC2NC(=O)C1CNC1. The predicted molar refractivity (Wildman–Crippen MR) is 65.9 cm³/mol. The van der Waals surface area contributed by atoms with Gasteiger partial charge in [-0.15, -0.1) is 0 Å². The second-order valence-corrected chi connectivity index (χ2v) is 5.02. The van der Waals surface area contributed by atoms with E-state index in [1.807, 2.05) is 4.68 Å². The van der Waals surface area contributed by atoms with E-state index in [-0.39, 0.29) is 17.9 Å². The van der Waals surface area contributed by atoms with E-state index in [9.17, 15) is 4.79 Å². The lowest BCUT2D eigenvalue weighted by atomic mass is 10.0. The van der Waals surface area contributed by atoms with Gasteiger partial charge in [0.25, 0.3) is 0 Å². The Balaban J connectivity index is 1.73. The molecule has 1 atom stereocenters. The molecule has 1 amide bonds. The third-order valence-electron chi connectivity index (χ3n) is 3.70. The summed E-state index contributed by atoms with van der Waals surface area (Å²) in [5.41, 5.74) is 0. The van der Waals surface area contributed by atoms with Crippen LogP contribution in [-0.2, 0) is 17.8 Å². The van der Waals surface area contributed by atoms with Crippen molar-refractivity contribution in [2.24, 2.45) is 5.92 Å². The van der Waals surface area contributed by atoms with Gasteiger partial charge >= 0.3 is 0 Å². The number of aryl methyl sites for hydroxylation is 2. The molecule has 0 saturated carbocycles. The Hall–Kier alpha value is -1.43. The van der Waals surface area contributed by atoms with Crippen LogP contribution >= 0.6 is 0 Å². The number of nitrogens with one attached hydrogen (secondary N) is 2. The zero-order valence-corrected chi connectivity index (χ0v) is 10.6.